The first-order valence-corrected chi connectivity index (χ1v) is 11.0. The Morgan fingerprint density at radius 1 is 1.29 bits per heavy atom. The van der Waals surface area contributed by atoms with E-state index in [2.05, 4.69) is 36.0 Å². The van der Waals surface area contributed by atoms with Crippen molar-refractivity contribution in [2.24, 2.45) is 0 Å². The molecule has 28 heavy (non-hydrogen) atoms. The number of amides is 1. The molecule has 3 aromatic heterocycles. The van der Waals surface area contributed by atoms with Crippen molar-refractivity contribution in [1.29, 1.82) is 0 Å². The molecule has 4 heterocycles. The minimum Gasteiger partial charge on any atom is -0.353 e. The van der Waals surface area contributed by atoms with Gasteiger partial charge >= 0.3 is 0 Å². The van der Waals surface area contributed by atoms with Crippen LogP contribution in [0.15, 0.2) is 40.3 Å². The normalized spacial score (nSPS) is 15.6. The summed E-state index contributed by atoms with van der Waals surface area (Å²) < 4.78 is 3.23. The first-order valence-electron chi connectivity index (χ1n) is 8.90. The molecule has 1 aliphatic heterocycles. The molecule has 10 heteroatoms. The Hall–Kier alpha value is -2.04. The summed E-state index contributed by atoms with van der Waals surface area (Å²) in [5.74, 6) is 1.69. The first-order chi connectivity index (χ1) is 13.5. The van der Waals surface area contributed by atoms with Crippen LogP contribution in [0.4, 0.5) is 5.82 Å². The SMILES string of the molecule is CC(C(=O)N1CCN(c2ccc(Br)cn2)CC1)n1c(-c2cccs2)n[nH]c1=S. The van der Waals surface area contributed by atoms with Gasteiger partial charge in [-0.25, -0.2) is 4.98 Å². The average Bonchev–Trinajstić information content (AvgIpc) is 3.37. The lowest BCUT2D eigenvalue weighted by atomic mass is 10.2. The van der Waals surface area contributed by atoms with Crippen LogP contribution >= 0.6 is 39.5 Å². The smallest absolute Gasteiger partial charge is 0.245 e. The fraction of sp³-hybridized carbons (Fsp3) is 0.333. The number of pyridine rings is 1. The van der Waals surface area contributed by atoms with Gasteiger partial charge < -0.3 is 9.80 Å². The molecule has 0 saturated carbocycles. The van der Waals surface area contributed by atoms with E-state index in [1.807, 2.05) is 46.0 Å². The summed E-state index contributed by atoms with van der Waals surface area (Å²) in [6.07, 6.45) is 1.79. The quantitative estimate of drug-likeness (QED) is 0.578. The average molecular weight is 479 g/mol. The van der Waals surface area contributed by atoms with Crippen LogP contribution in [0.1, 0.15) is 13.0 Å². The number of carbonyl (C=O) groups is 1. The van der Waals surface area contributed by atoms with Crippen LogP contribution < -0.4 is 4.90 Å². The number of carbonyl (C=O) groups excluding carboxylic acids is 1. The third kappa shape index (κ3) is 3.76. The zero-order valence-corrected chi connectivity index (χ0v) is 18.4. The largest absolute Gasteiger partial charge is 0.353 e. The molecule has 0 aliphatic carbocycles. The molecule has 0 aromatic carbocycles. The molecule has 1 saturated heterocycles. The molecule has 1 amide bonds. The van der Waals surface area contributed by atoms with E-state index in [9.17, 15) is 4.79 Å². The van der Waals surface area contributed by atoms with Crippen LogP contribution in [0.3, 0.4) is 0 Å². The van der Waals surface area contributed by atoms with Crippen LogP contribution in [-0.4, -0.2) is 56.7 Å². The van der Waals surface area contributed by atoms with E-state index in [1.54, 1.807) is 17.5 Å². The van der Waals surface area contributed by atoms with Gasteiger partial charge in [0.1, 0.15) is 11.9 Å². The van der Waals surface area contributed by atoms with E-state index in [0.29, 0.717) is 23.7 Å². The summed E-state index contributed by atoms with van der Waals surface area (Å²) in [5.41, 5.74) is 0. The number of thiophene rings is 1. The molecule has 1 atom stereocenters. The number of aromatic nitrogens is 4. The molecule has 4 rings (SSSR count). The van der Waals surface area contributed by atoms with E-state index < -0.39 is 6.04 Å². The lowest BCUT2D eigenvalue weighted by molar-refractivity contribution is -0.134. The Balaban J connectivity index is 1.47. The maximum absolute atomic E-state index is 13.1. The molecule has 0 bridgehead atoms. The van der Waals surface area contributed by atoms with E-state index in [0.717, 1.165) is 28.3 Å². The minimum absolute atomic E-state index is 0.0544. The van der Waals surface area contributed by atoms with Gasteiger partial charge in [-0.15, -0.1) is 11.3 Å². The van der Waals surface area contributed by atoms with Gasteiger partial charge in [0.2, 0.25) is 5.91 Å². The molecule has 1 fully saturated rings. The van der Waals surface area contributed by atoms with E-state index in [4.69, 9.17) is 12.2 Å². The second kappa shape index (κ2) is 8.14. The highest BCUT2D eigenvalue weighted by Gasteiger charge is 2.28. The van der Waals surface area contributed by atoms with Gasteiger partial charge in [-0.2, -0.15) is 5.10 Å². The fourth-order valence-corrected chi connectivity index (χ4v) is 4.56. The number of halogens is 1. The van der Waals surface area contributed by atoms with Crippen LogP contribution in [0.2, 0.25) is 0 Å². The van der Waals surface area contributed by atoms with Crippen molar-refractivity contribution in [1.82, 2.24) is 24.6 Å². The van der Waals surface area contributed by atoms with Crippen molar-refractivity contribution in [3.05, 3.63) is 45.1 Å². The Kier molecular flexibility index (Phi) is 5.61. The first kappa shape index (κ1) is 19.3. The fourth-order valence-electron chi connectivity index (χ4n) is 3.33. The number of hydrogen-bond donors (Lipinski definition) is 1. The van der Waals surface area contributed by atoms with Crippen LogP contribution in [0, 0.1) is 4.77 Å². The van der Waals surface area contributed by atoms with Gasteiger partial charge in [-0.05, 0) is 58.7 Å². The summed E-state index contributed by atoms with van der Waals surface area (Å²) in [6.45, 7) is 4.69. The summed E-state index contributed by atoms with van der Waals surface area (Å²) in [7, 11) is 0. The predicted octanol–water partition coefficient (Wildman–Crippen LogP) is 3.74. The van der Waals surface area contributed by atoms with Crippen molar-refractivity contribution in [3.63, 3.8) is 0 Å². The summed E-state index contributed by atoms with van der Waals surface area (Å²) in [4.78, 5) is 22.7. The molecular formula is C18H19BrN6OS2. The maximum Gasteiger partial charge on any atom is 0.245 e. The van der Waals surface area contributed by atoms with Gasteiger partial charge in [-0.1, -0.05) is 6.07 Å². The Labute approximate surface area is 180 Å². The number of piperazine rings is 1. The second-order valence-corrected chi connectivity index (χ2v) is 8.77. The lowest BCUT2D eigenvalue weighted by Gasteiger charge is -2.36. The molecule has 7 nitrogen and oxygen atoms in total. The molecule has 0 radical (unpaired) electrons. The van der Waals surface area contributed by atoms with Crippen LogP contribution in [-0.2, 0) is 4.79 Å². The van der Waals surface area contributed by atoms with Crippen molar-refractivity contribution in [3.8, 4) is 10.7 Å². The molecular weight excluding hydrogens is 460 g/mol. The lowest BCUT2D eigenvalue weighted by Crippen LogP contribution is -2.50. The van der Waals surface area contributed by atoms with Crippen molar-refractivity contribution < 1.29 is 4.79 Å². The standard InChI is InChI=1S/C18H19BrN6OS2/c1-12(25-16(21-22-18(25)27)14-3-2-10-28-14)17(26)24-8-6-23(7-9-24)15-5-4-13(19)11-20-15/h2-5,10-12H,6-9H2,1H3,(H,22,27). The minimum atomic E-state index is -0.416. The van der Waals surface area contributed by atoms with Gasteiger partial charge in [0.15, 0.2) is 10.6 Å². The third-order valence-electron chi connectivity index (χ3n) is 4.82. The van der Waals surface area contributed by atoms with Gasteiger partial charge in [0.05, 0.1) is 4.88 Å². The Bertz CT molecular complexity index is 1010. The number of H-pyrrole nitrogens is 1. The van der Waals surface area contributed by atoms with Gasteiger partial charge in [-0.3, -0.25) is 14.5 Å². The van der Waals surface area contributed by atoms with Crippen LogP contribution in [0.25, 0.3) is 10.7 Å². The van der Waals surface area contributed by atoms with Crippen molar-refractivity contribution >= 4 is 51.2 Å². The Morgan fingerprint density at radius 2 is 2.07 bits per heavy atom. The monoisotopic (exact) mass is 478 g/mol. The summed E-state index contributed by atoms with van der Waals surface area (Å²) in [5, 5.41) is 9.14. The topological polar surface area (TPSA) is 70.1 Å². The highest BCUT2D eigenvalue weighted by Crippen LogP contribution is 2.26. The van der Waals surface area contributed by atoms with Crippen molar-refractivity contribution in [2.75, 3.05) is 31.1 Å². The third-order valence-corrected chi connectivity index (χ3v) is 6.44. The van der Waals surface area contributed by atoms with Gasteiger partial charge in [0, 0.05) is 36.8 Å². The zero-order valence-electron chi connectivity index (χ0n) is 15.2. The molecule has 3 aromatic rings. The predicted molar refractivity (Wildman–Crippen MR) is 116 cm³/mol. The molecule has 146 valence electrons. The Morgan fingerprint density at radius 3 is 2.71 bits per heavy atom. The number of nitrogens with zero attached hydrogens (tertiary/aromatic N) is 5. The number of anilines is 1. The molecule has 1 unspecified atom stereocenters. The maximum atomic E-state index is 13.1. The van der Waals surface area contributed by atoms with Crippen LogP contribution in [0.5, 0.6) is 0 Å². The van der Waals surface area contributed by atoms with Crippen molar-refractivity contribution in [2.45, 2.75) is 13.0 Å². The molecule has 1 aliphatic rings. The van der Waals surface area contributed by atoms with Gasteiger partial charge in [0.25, 0.3) is 0 Å². The van der Waals surface area contributed by atoms with E-state index >= 15 is 0 Å². The second-order valence-electron chi connectivity index (χ2n) is 6.52. The highest BCUT2D eigenvalue weighted by atomic mass is 79.9. The summed E-state index contributed by atoms with van der Waals surface area (Å²) >= 11 is 10.4. The van der Waals surface area contributed by atoms with E-state index in [-0.39, 0.29) is 5.91 Å². The molecule has 1 N–H and O–H groups in total. The number of hydrogen-bond acceptors (Lipinski definition) is 6. The summed E-state index contributed by atoms with van der Waals surface area (Å²) in [6, 6.07) is 7.49. The zero-order chi connectivity index (χ0) is 19.7. The highest BCUT2D eigenvalue weighted by molar-refractivity contribution is 9.10. The van der Waals surface area contributed by atoms with E-state index in [1.165, 1.54) is 0 Å². The number of rotatable bonds is 4. The molecule has 0 spiro atoms. The number of aromatic amines is 1. The number of nitrogens with one attached hydrogen (secondary N) is 1.